The molecule has 0 amide bonds. The zero-order chi connectivity index (χ0) is 8.65. The molecule has 0 aromatic heterocycles. The van der Waals surface area contributed by atoms with Crippen LogP contribution in [0.1, 0.15) is 34.1 Å². The second-order valence-electron chi connectivity index (χ2n) is 4.56. The highest BCUT2D eigenvalue weighted by Gasteiger charge is 2.34. The van der Waals surface area contributed by atoms with Crippen molar-refractivity contribution in [2.45, 2.75) is 51.7 Å². The number of hydrogen-bond acceptors (Lipinski definition) is 2. The first kappa shape index (κ1) is 9.01. The van der Waals surface area contributed by atoms with Crippen molar-refractivity contribution in [2.24, 2.45) is 5.73 Å². The van der Waals surface area contributed by atoms with Crippen LogP contribution in [0.3, 0.4) is 0 Å². The van der Waals surface area contributed by atoms with Crippen LogP contribution in [0.5, 0.6) is 0 Å². The maximum absolute atomic E-state index is 5.92. The van der Waals surface area contributed by atoms with Gasteiger partial charge in [0, 0.05) is 24.2 Å². The van der Waals surface area contributed by atoms with Crippen LogP contribution in [0.15, 0.2) is 0 Å². The first-order chi connectivity index (χ1) is 4.93. The van der Waals surface area contributed by atoms with Gasteiger partial charge in [0.15, 0.2) is 0 Å². The largest absolute Gasteiger partial charge is 0.326 e. The molecule has 1 aliphatic rings. The van der Waals surface area contributed by atoms with Gasteiger partial charge in [-0.05, 0) is 34.1 Å². The van der Waals surface area contributed by atoms with Crippen LogP contribution in [-0.2, 0) is 0 Å². The summed E-state index contributed by atoms with van der Waals surface area (Å²) in [5.41, 5.74) is 6.21. The molecule has 0 aliphatic carbocycles. The number of hydrogen-bond donors (Lipinski definition) is 1. The predicted octanol–water partition coefficient (Wildman–Crippen LogP) is 1.21. The van der Waals surface area contributed by atoms with Gasteiger partial charge in [0.05, 0.1) is 0 Å². The first-order valence-electron chi connectivity index (χ1n) is 4.45. The van der Waals surface area contributed by atoms with E-state index in [1.165, 1.54) is 0 Å². The minimum atomic E-state index is 0.285. The molecule has 0 aromatic rings. The fourth-order valence-electron chi connectivity index (χ4n) is 1.91. The molecule has 1 rings (SSSR count). The highest BCUT2D eigenvalue weighted by atomic mass is 15.2. The summed E-state index contributed by atoms with van der Waals surface area (Å²) in [6.45, 7) is 10.1. The molecule has 0 aromatic carbocycles. The Bertz CT molecular complexity index is 137. The summed E-state index contributed by atoms with van der Waals surface area (Å²) >= 11 is 0. The van der Waals surface area contributed by atoms with Gasteiger partial charge in [0.2, 0.25) is 0 Å². The van der Waals surface area contributed by atoms with Gasteiger partial charge in [-0.2, -0.15) is 0 Å². The van der Waals surface area contributed by atoms with Gasteiger partial charge in [0.1, 0.15) is 0 Å². The van der Waals surface area contributed by atoms with Crippen LogP contribution in [-0.4, -0.2) is 29.1 Å². The monoisotopic (exact) mass is 156 g/mol. The Kier molecular flexibility index (Phi) is 2.26. The quantitative estimate of drug-likeness (QED) is 0.571. The molecule has 66 valence electrons. The summed E-state index contributed by atoms with van der Waals surface area (Å²) in [6.07, 6.45) is 1.15. The SMILES string of the molecule is CC1C(N)CCN1C(C)(C)C. The van der Waals surface area contributed by atoms with Crippen molar-refractivity contribution in [1.82, 2.24) is 4.90 Å². The molecule has 2 unspecified atom stereocenters. The minimum absolute atomic E-state index is 0.285. The Hall–Kier alpha value is -0.0800. The van der Waals surface area contributed by atoms with Crippen molar-refractivity contribution in [1.29, 1.82) is 0 Å². The zero-order valence-electron chi connectivity index (χ0n) is 8.09. The van der Waals surface area contributed by atoms with E-state index < -0.39 is 0 Å². The normalized spacial score (nSPS) is 34.6. The Labute approximate surface area is 69.8 Å². The van der Waals surface area contributed by atoms with Crippen molar-refractivity contribution in [2.75, 3.05) is 6.54 Å². The number of nitrogens with zero attached hydrogens (tertiary/aromatic N) is 1. The molecule has 0 spiro atoms. The van der Waals surface area contributed by atoms with Crippen molar-refractivity contribution in [3.63, 3.8) is 0 Å². The van der Waals surface area contributed by atoms with Crippen LogP contribution >= 0.6 is 0 Å². The summed E-state index contributed by atoms with van der Waals surface area (Å²) in [5, 5.41) is 0. The summed E-state index contributed by atoms with van der Waals surface area (Å²) in [6, 6.07) is 0.934. The second-order valence-corrected chi connectivity index (χ2v) is 4.56. The lowest BCUT2D eigenvalue weighted by molar-refractivity contribution is 0.126. The summed E-state index contributed by atoms with van der Waals surface area (Å²) in [4.78, 5) is 2.48. The lowest BCUT2D eigenvalue weighted by Gasteiger charge is -2.36. The van der Waals surface area contributed by atoms with E-state index in [0.29, 0.717) is 12.1 Å². The number of likely N-dealkylation sites (tertiary alicyclic amines) is 1. The van der Waals surface area contributed by atoms with Crippen molar-refractivity contribution in [3.8, 4) is 0 Å². The van der Waals surface area contributed by atoms with Crippen LogP contribution in [0, 0.1) is 0 Å². The molecule has 11 heavy (non-hydrogen) atoms. The van der Waals surface area contributed by atoms with Gasteiger partial charge in [-0.1, -0.05) is 0 Å². The molecule has 2 nitrogen and oxygen atoms in total. The van der Waals surface area contributed by atoms with E-state index in [-0.39, 0.29) is 5.54 Å². The molecule has 0 bridgehead atoms. The van der Waals surface area contributed by atoms with E-state index in [1.54, 1.807) is 0 Å². The van der Waals surface area contributed by atoms with Gasteiger partial charge >= 0.3 is 0 Å². The maximum Gasteiger partial charge on any atom is 0.0224 e. The van der Waals surface area contributed by atoms with E-state index in [1.807, 2.05) is 0 Å². The molecular formula is C9H20N2. The van der Waals surface area contributed by atoms with Crippen molar-refractivity contribution in [3.05, 3.63) is 0 Å². The van der Waals surface area contributed by atoms with Gasteiger partial charge in [-0.25, -0.2) is 0 Å². The lowest BCUT2D eigenvalue weighted by Crippen LogP contribution is -2.47. The van der Waals surface area contributed by atoms with Crippen molar-refractivity contribution >= 4 is 0 Å². The molecule has 2 atom stereocenters. The van der Waals surface area contributed by atoms with Gasteiger partial charge < -0.3 is 5.73 Å². The van der Waals surface area contributed by atoms with E-state index in [2.05, 4.69) is 32.6 Å². The third-order valence-electron chi connectivity index (χ3n) is 2.68. The molecule has 0 saturated carbocycles. The van der Waals surface area contributed by atoms with Crippen LogP contribution in [0.2, 0.25) is 0 Å². The maximum atomic E-state index is 5.92. The molecule has 2 N–H and O–H groups in total. The molecule has 1 aliphatic heterocycles. The van der Waals surface area contributed by atoms with Gasteiger partial charge in [0.25, 0.3) is 0 Å². The summed E-state index contributed by atoms with van der Waals surface area (Å²) < 4.78 is 0. The van der Waals surface area contributed by atoms with Crippen LogP contribution in [0.4, 0.5) is 0 Å². The Morgan fingerprint density at radius 1 is 1.36 bits per heavy atom. The van der Waals surface area contributed by atoms with E-state index in [4.69, 9.17) is 5.73 Å². The summed E-state index contributed by atoms with van der Waals surface area (Å²) in [5.74, 6) is 0. The Morgan fingerprint density at radius 3 is 2.09 bits per heavy atom. The number of nitrogens with two attached hydrogens (primary N) is 1. The average Bonchev–Trinajstić information content (AvgIpc) is 2.11. The standard InChI is InChI=1S/C9H20N2/c1-7-8(10)5-6-11(7)9(2,3)4/h7-8H,5-6,10H2,1-4H3. The van der Waals surface area contributed by atoms with E-state index >= 15 is 0 Å². The molecular weight excluding hydrogens is 136 g/mol. The molecule has 1 saturated heterocycles. The number of rotatable bonds is 0. The smallest absolute Gasteiger partial charge is 0.0224 e. The first-order valence-corrected chi connectivity index (χ1v) is 4.45. The minimum Gasteiger partial charge on any atom is -0.326 e. The third kappa shape index (κ3) is 1.74. The second kappa shape index (κ2) is 2.76. The third-order valence-corrected chi connectivity index (χ3v) is 2.68. The predicted molar refractivity (Wildman–Crippen MR) is 48.5 cm³/mol. The Morgan fingerprint density at radius 2 is 1.91 bits per heavy atom. The van der Waals surface area contributed by atoms with Crippen LogP contribution in [0.25, 0.3) is 0 Å². The highest BCUT2D eigenvalue weighted by Crippen LogP contribution is 2.24. The Balaban J connectivity index is 2.62. The molecule has 2 heteroatoms. The van der Waals surface area contributed by atoms with Gasteiger partial charge in [-0.15, -0.1) is 0 Å². The molecule has 1 fully saturated rings. The molecule has 1 heterocycles. The zero-order valence-corrected chi connectivity index (χ0v) is 8.09. The fourth-order valence-corrected chi connectivity index (χ4v) is 1.91. The van der Waals surface area contributed by atoms with E-state index in [0.717, 1.165) is 13.0 Å². The molecule has 0 radical (unpaired) electrons. The lowest BCUT2D eigenvalue weighted by atomic mass is 10.0. The average molecular weight is 156 g/mol. The fraction of sp³-hybridized carbons (Fsp3) is 1.00. The van der Waals surface area contributed by atoms with Crippen molar-refractivity contribution < 1.29 is 0 Å². The topological polar surface area (TPSA) is 29.3 Å². The van der Waals surface area contributed by atoms with Gasteiger partial charge in [-0.3, -0.25) is 4.90 Å². The highest BCUT2D eigenvalue weighted by molar-refractivity contribution is 4.92. The van der Waals surface area contributed by atoms with Crippen LogP contribution < -0.4 is 5.73 Å². The van der Waals surface area contributed by atoms with E-state index in [9.17, 15) is 0 Å². The summed E-state index contributed by atoms with van der Waals surface area (Å²) in [7, 11) is 0.